The molecule has 0 unspecified atom stereocenters. The molecule has 0 saturated heterocycles. The van der Waals surface area contributed by atoms with E-state index in [2.05, 4.69) is 262 Å². The fourth-order valence-corrected chi connectivity index (χ4v) is 15.8. The molecule has 0 N–H and O–H groups in total. The van der Waals surface area contributed by atoms with Crippen molar-refractivity contribution in [2.75, 3.05) is 0 Å². The second kappa shape index (κ2) is 14.5. The number of hydrogen-bond acceptors (Lipinski definition) is 0. The zero-order valence-electron chi connectivity index (χ0n) is 35.0. The average molecular weight is 832 g/mol. The van der Waals surface area contributed by atoms with Gasteiger partial charge in [-0.3, -0.25) is 0 Å². The Labute approximate surface area is 372 Å². The second-order valence-electron chi connectivity index (χ2n) is 16.8. The van der Waals surface area contributed by atoms with Crippen molar-refractivity contribution in [3.63, 3.8) is 0 Å². The fourth-order valence-electron chi connectivity index (χ4n) is 11.0. The predicted molar refractivity (Wildman–Crippen MR) is 273 cm³/mol. The first-order chi connectivity index (χ1) is 31.8. The summed E-state index contributed by atoms with van der Waals surface area (Å²) in [6, 6.07) is 92.2. The van der Waals surface area contributed by atoms with Gasteiger partial charge in [0.2, 0.25) is 0 Å². The monoisotopic (exact) mass is 831 g/mol. The number of nitrogens with zero attached hydrogens (tertiary/aromatic N) is 3. The van der Waals surface area contributed by atoms with Crippen molar-refractivity contribution in [3.05, 3.63) is 249 Å². The first kappa shape index (κ1) is 36.5. The molecule has 64 heavy (non-hydrogen) atoms. The molecule has 0 saturated carbocycles. The molecule has 0 amide bonds. The molecule has 13 rings (SSSR count). The van der Waals surface area contributed by atoms with Crippen molar-refractivity contribution in [3.8, 4) is 17.1 Å². The topological polar surface area (TPSA) is 14.8 Å². The summed E-state index contributed by atoms with van der Waals surface area (Å²) in [6.45, 7) is 0. The first-order valence-corrected chi connectivity index (χ1v) is 24.1. The largest absolute Gasteiger partial charge is 0.309 e. The quantitative estimate of drug-likeness (QED) is 0.112. The van der Waals surface area contributed by atoms with E-state index in [1.807, 2.05) is 0 Å². The van der Waals surface area contributed by atoms with Crippen molar-refractivity contribution in [1.82, 2.24) is 13.7 Å². The van der Waals surface area contributed by atoms with Crippen LogP contribution in [-0.4, -0.2) is 21.8 Å². The van der Waals surface area contributed by atoms with E-state index in [-0.39, 0.29) is 0 Å². The van der Waals surface area contributed by atoms with Crippen LogP contribution < -0.4 is 20.7 Å². The molecule has 0 aliphatic heterocycles. The number of rotatable bonds is 7. The standard InChI is InChI=1S/C60H41N3Si/c1-4-21-44(22-5-1)64(45-23-6-2-7-24-45,46-25-8-3-9-26-46)47-27-18-20-42(40-47)61-53-32-14-12-30-50(53)52-41-43(38-39-57(52)61)62-56-35-17-13-31-51(56)60-58(62)36-19-37-59(60)63-54-33-15-10-28-48(54)49-29-11-16-34-55(49)63/h1-41H. The summed E-state index contributed by atoms with van der Waals surface area (Å²) in [5, 5.41) is 12.9. The van der Waals surface area contributed by atoms with E-state index >= 15 is 0 Å². The molecule has 0 radical (unpaired) electrons. The van der Waals surface area contributed by atoms with Crippen LogP contribution in [-0.2, 0) is 0 Å². The van der Waals surface area contributed by atoms with Gasteiger partial charge >= 0.3 is 0 Å². The zero-order chi connectivity index (χ0) is 42.2. The smallest absolute Gasteiger partial charge is 0.179 e. The van der Waals surface area contributed by atoms with E-state index in [0.29, 0.717) is 0 Å². The van der Waals surface area contributed by atoms with E-state index in [1.54, 1.807) is 0 Å². The van der Waals surface area contributed by atoms with Crippen molar-refractivity contribution >= 4 is 94.2 Å². The number of hydrogen-bond donors (Lipinski definition) is 0. The third kappa shape index (κ3) is 5.27. The van der Waals surface area contributed by atoms with Crippen LogP contribution in [0.4, 0.5) is 0 Å². The molecule has 13 aromatic rings. The summed E-state index contributed by atoms with van der Waals surface area (Å²) in [6.07, 6.45) is 0. The Balaban J connectivity index is 1.04. The van der Waals surface area contributed by atoms with Gasteiger partial charge < -0.3 is 13.7 Å². The Morgan fingerprint density at radius 3 is 1.20 bits per heavy atom. The van der Waals surface area contributed by atoms with Crippen molar-refractivity contribution in [2.45, 2.75) is 0 Å². The van der Waals surface area contributed by atoms with Gasteiger partial charge in [-0.05, 0) is 87.5 Å². The Hall–Kier alpha value is -8.18. The minimum absolute atomic E-state index is 1.14. The predicted octanol–water partition coefficient (Wildman–Crippen LogP) is 12.4. The number of benzene rings is 10. The summed E-state index contributed by atoms with van der Waals surface area (Å²) in [4.78, 5) is 0. The highest BCUT2D eigenvalue weighted by Crippen LogP contribution is 2.41. The molecule has 0 aliphatic rings. The molecular weight excluding hydrogens is 791 g/mol. The second-order valence-corrected chi connectivity index (χ2v) is 20.7. The minimum atomic E-state index is -2.75. The maximum Gasteiger partial charge on any atom is 0.179 e. The normalized spacial score (nSPS) is 12.1. The van der Waals surface area contributed by atoms with Gasteiger partial charge in [-0.1, -0.05) is 182 Å². The van der Waals surface area contributed by atoms with Crippen LogP contribution in [0, 0.1) is 0 Å². The van der Waals surface area contributed by atoms with E-state index in [0.717, 1.165) is 11.4 Å². The van der Waals surface area contributed by atoms with Crippen LogP contribution in [0.15, 0.2) is 249 Å². The summed E-state index contributed by atoms with van der Waals surface area (Å²) in [5.74, 6) is 0. The molecule has 3 heterocycles. The van der Waals surface area contributed by atoms with Crippen LogP contribution in [0.2, 0.25) is 0 Å². The SMILES string of the molecule is c1ccc([Si](c2ccccc2)(c2ccccc2)c2cccc(-n3c4ccccc4c4cc(-n5c6ccccc6c6c(-n7c8ccccc8c8ccccc87)cccc65)ccc43)c2)cc1. The number of para-hydroxylation sites is 4. The molecule has 0 spiro atoms. The average Bonchev–Trinajstić information content (AvgIpc) is 4.01. The molecule has 0 bridgehead atoms. The van der Waals surface area contributed by atoms with Gasteiger partial charge in [-0.2, -0.15) is 0 Å². The Bertz CT molecular complexity index is 3750. The molecule has 300 valence electrons. The third-order valence-corrected chi connectivity index (χ3v) is 18.3. The fraction of sp³-hybridized carbons (Fsp3) is 0. The van der Waals surface area contributed by atoms with Crippen molar-refractivity contribution in [2.24, 2.45) is 0 Å². The maximum atomic E-state index is 2.48. The van der Waals surface area contributed by atoms with E-state index in [9.17, 15) is 0 Å². The van der Waals surface area contributed by atoms with E-state index in [1.165, 1.54) is 91.9 Å². The van der Waals surface area contributed by atoms with Crippen LogP contribution in [0.5, 0.6) is 0 Å². The van der Waals surface area contributed by atoms with Gasteiger partial charge in [0.15, 0.2) is 8.07 Å². The third-order valence-electron chi connectivity index (χ3n) is 13.6. The Morgan fingerprint density at radius 1 is 0.234 bits per heavy atom. The molecule has 0 fully saturated rings. The van der Waals surface area contributed by atoms with Gasteiger partial charge in [0.05, 0.1) is 38.8 Å². The summed E-state index contributed by atoms with van der Waals surface area (Å²) in [7, 11) is -2.75. The highest BCUT2D eigenvalue weighted by Gasteiger charge is 2.41. The molecule has 10 aromatic carbocycles. The van der Waals surface area contributed by atoms with Gasteiger partial charge in [0.1, 0.15) is 0 Å². The molecular formula is C60H41N3Si. The summed E-state index contributed by atoms with van der Waals surface area (Å²) < 4.78 is 7.40. The van der Waals surface area contributed by atoms with Crippen LogP contribution >= 0.6 is 0 Å². The van der Waals surface area contributed by atoms with Gasteiger partial charge in [0.25, 0.3) is 0 Å². The van der Waals surface area contributed by atoms with Crippen LogP contribution in [0.3, 0.4) is 0 Å². The van der Waals surface area contributed by atoms with Crippen LogP contribution in [0.25, 0.3) is 82.5 Å². The lowest BCUT2D eigenvalue weighted by Crippen LogP contribution is -2.74. The maximum absolute atomic E-state index is 2.75. The summed E-state index contributed by atoms with van der Waals surface area (Å²) in [5.41, 5.74) is 10.6. The number of fused-ring (bicyclic) bond motifs is 9. The van der Waals surface area contributed by atoms with Gasteiger partial charge in [0, 0.05) is 43.7 Å². The minimum Gasteiger partial charge on any atom is -0.309 e. The summed E-state index contributed by atoms with van der Waals surface area (Å²) >= 11 is 0. The van der Waals surface area contributed by atoms with E-state index < -0.39 is 8.07 Å². The van der Waals surface area contributed by atoms with E-state index in [4.69, 9.17) is 0 Å². The van der Waals surface area contributed by atoms with Crippen LogP contribution in [0.1, 0.15) is 0 Å². The molecule has 3 aromatic heterocycles. The van der Waals surface area contributed by atoms with Gasteiger partial charge in [-0.25, -0.2) is 0 Å². The molecule has 0 aliphatic carbocycles. The number of aromatic nitrogens is 3. The highest BCUT2D eigenvalue weighted by atomic mass is 28.3. The van der Waals surface area contributed by atoms with Crippen molar-refractivity contribution in [1.29, 1.82) is 0 Å². The first-order valence-electron chi connectivity index (χ1n) is 22.1. The lowest BCUT2D eigenvalue weighted by atomic mass is 10.1. The Morgan fingerprint density at radius 2 is 0.625 bits per heavy atom. The van der Waals surface area contributed by atoms with Gasteiger partial charge in [-0.15, -0.1) is 0 Å². The lowest BCUT2D eigenvalue weighted by Gasteiger charge is -2.34. The highest BCUT2D eigenvalue weighted by molar-refractivity contribution is 7.19. The zero-order valence-corrected chi connectivity index (χ0v) is 36.0. The Kier molecular flexibility index (Phi) is 8.23. The molecule has 3 nitrogen and oxygen atoms in total. The molecule has 4 heteroatoms. The van der Waals surface area contributed by atoms with Crippen molar-refractivity contribution < 1.29 is 0 Å². The lowest BCUT2D eigenvalue weighted by molar-refractivity contribution is 1.16. The molecule has 0 atom stereocenters.